The number of thioether (sulfide) groups is 1. The fraction of sp³-hybridized carbons (Fsp3) is 0.235. The molecule has 0 saturated carbocycles. The molecule has 0 bridgehead atoms. The summed E-state index contributed by atoms with van der Waals surface area (Å²) < 4.78 is 0. The van der Waals surface area contributed by atoms with E-state index in [9.17, 15) is 9.90 Å². The van der Waals surface area contributed by atoms with Gasteiger partial charge in [-0.1, -0.05) is 30.3 Å². The van der Waals surface area contributed by atoms with Crippen molar-refractivity contribution in [3.05, 3.63) is 59.7 Å². The molecule has 0 aliphatic carbocycles. The van der Waals surface area contributed by atoms with E-state index in [0.29, 0.717) is 0 Å². The molecule has 2 rings (SSSR count). The fourth-order valence-corrected chi connectivity index (χ4v) is 2.42. The van der Waals surface area contributed by atoms with Crippen molar-refractivity contribution in [2.24, 2.45) is 0 Å². The molecule has 0 saturated heterocycles. The molecule has 0 fully saturated rings. The van der Waals surface area contributed by atoms with Gasteiger partial charge in [-0.05, 0) is 42.5 Å². The smallest absolute Gasteiger partial charge is 0.319 e. The van der Waals surface area contributed by atoms with Gasteiger partial charge >= 0.3 is 6.03 Å². The molecule has 1 atom stereocenters. The molecule has 0 aromatic heterocycles. The van der Waals surface area contributed by atoms with Crippen molar-refractivity contribution < 1.29 is 9.90 Å². The molecule has 22 heavy (non-hydrogen) atoms. The van der Waals surface area contributed by atoms with E-state index in [1.54, 1.807) is 11.8 Å². The molecule has 0 aliphatic heterocycles. The Morgan fingerprint density at radius 2 is 1.86 bits per heavy atom. The van der Waals surface area contributed by atoms with Gasteiger partial charge in [0.15, 0.2) is 0 Å². The van der Waals surface area contributed by atoms with Crippen LogP contribution in [0, 0.1) is 6.92 Å². The quantitative estimate of drug-likeness (QED) is 0.739. The van der Waals surface area contributed by atoms with Gasteiger partial charge in [-0.2, -0.15) is 0 Å². The van der Waals surface area contributed by atoms with Gasteiger partial charge in [0.25, 0.3) is 0 Å². The number of nitrogens with one attached hydrogen (secondary N) is 2. The van der Waals surface area contributed by atoms with E-state index in [-0.39, 0.29) is 12.6 Å². The second-order valence-corrected chi connectivity index (χ2v) is 5.82. The summed E-state index contributed by atoms with van der Waals surface area (Å²) in [5, 5.41) is 15.6. The molecule has 4 nitrogen and oxygen atoms in total. The summed E-state index contributed by atoms with van der Waals surface area (Å²) >= 11 is 1.65. The lowest BCUT2D eigenvalue weighted by Crippen LogP contribution is -2.32. The number of amides is 2. The number of anilines is 1. The normalized spacial score (nSPS) is 11.8. The fourth-order valence-electron chi connectivity index (χ4n) is 2.01. The van der Waals surface area contributed by atoms with Gasteiger partial charge < -0.3 is 15.7 Å². The number of aryl methyl sites for hydroxylation is 1. The average Bonchev–Trinajstić information content (AvgIpc) is 2.55. The summed E-state index contributed by atoms with van der Waals surface area (Å²) in [4.78, 5) is 13.0. The topological polar surface area (TPSA) is 61.4 Å². The Hall–Kier alpha value is -1.98. The molecule has 0 heterocycles. The molecule has 2 amide bonds. The van der Waals surface area contributed by atoms with Crippen molar-refractivity contribution in [2.75, 3.05) is 18.1 Å². The van der Waals surface area contributed by atoms with Crippen molar-refractivity contribution in [1.82, 2.24) is 5.32 Å². The van der Waals surface area contributed by atoms with E-state index >= 15 is 0 Å². The van der Waals surface area contributed by atoms with Crippen LogP contribution in [0.1, 0.15) is 17.2 Å². The monoisotopic (exact) mass is 316 g/mol. The highest BCUT2D eigenvalue weighted by Gasteiger charge is 2.10. The predicted octanol–water partition coefficient (Wildman–Crippen LogP) is 3.57. The number of urea groups is 1. The van der Waals surface area contributed by atoms with Crippen LogP contribution in [-0.4, -0.2) is 23.9 Å². The number of para-hydroxylation sites is 1. The zero-order valence-electron chi connectivity index (χ0n) is 12.7. The number of carbonyl (C=O) groups is 1. The summed E-state index contributed by atoms with van der Waals surface area (Å²) in [6, 6.07) is 14.9. The largest absolute Gasteiger partial charge is 0.387 e. The summed E-state index contributed by atoms with van der Waals surface area (Å²) in [5.41, 5.74) is 2.54. The van der Waals surface area contributed by atoms with Gasteiger partial charge in [0.1, 0.15) is 0 Å². The molecule has 0 spiro atoms. The third kappa shape index (κ3) is 4.51. The minimum atomic E-state index is -0.724. The highest BCUT2D eigenvalue weighted by atomic mass is 32.2. The first kappa shape index (κ1) is 16.4. The van der Waals surface area contributed by atoms with Crippen LogP contribution in [0.2, 0.25) is 0 Å². The number of hydrogen-bond donors (Lipinski definition) is 3. The van der Waals surface area contributed by atoms with E-state index in [0.717, 1.165) is 21.7 Å². The zero-order chi connectivity index (χ0) is 15.9. The van der Waals surface area contributed by atoms with Crippen LogP contribution in [0.3, 0.4) is 0 Å². The van der Waals surface area contributed by atoms with Crippen LogP contribution in [0.15, 0.2) is 53.4 Å². The summed E-state index contributed by atoms with van der Waals surface area (Å²) in [7, 11) is 0. The van der Waals surface area contributed by atoms with Gasteiger partial charge in [0.05, 0.1) is 6.10 Å². The minimum Gasteiger partial charge on any atom is -0.387 e. The predicted molar refractivity (Wildman–Crippen MR) is 91.4 cm³/mol. The van der Waals surface area contributed by atoms with E-state index in [2.05, 4.69) is 10.6 Å². The maximum atomic E-state index is 11.9. The molecule has 0 aliphatic rings. The van der Waals surface area contributed by atoms with Crippen LogP contribution < -0.4 is 10.6 Å². The Labute approximate surface area is 134 Å². The van der Waals surface area contributed by atoms with E-state index in [4.69, 9.17) is 0 Å². The Balaban J connectivity index is 1.86. The van der Waals surface area contributed by atoms with E-state index in [1.807, 2.05) is 61.7 Å². The maximum absolute atomic E-state index is 11.9. The lowest BCUT2D eigenvalue weighted by atomic mass is 10.1. The van der Waals surface area contributed by atoms with Crippen LogP contribution in [-0.2, 0) is 0 Å². The Bertz CT molecular complexity index is 629. The Morgan fingerprint density at radius 1 is 1.18 bits per heavy atom. The van der Waals surface area contributed by atoms with Crippen LogP contribution in [0.25, 0.3) is 0 Å². The van der Waals surface area contributed by atoms with Crippen molar-refractivity contribution in [3.63, 3.8) is 0 Å². The number of hydrogen-bond acceptors (Lipinski definition) is 3. The molecule has 116 valence electrons. The molecule has 0 radical (unpaired) electrons. The molecule has 1 unspecified atom stereocenters. The highest BCUT2D eigenvalue weighted by Crippen LogP contribution is 2.19. The van der Waals surface area contributed by atoms with Gasteiger partial charge in [0.2, 0.25) is 0 Å². The van der Waals surface area contributed by atoms with Crippen LogP contribution in [0.4, 0.5) is 10.5 Å². The molecule has 3 N–H and O–H groups in total. The van der Waals surface area contributed by atoms with Crippen molar-refractivity contribution in [1.29, 1.82) is 0 Å². The van der Waals surface area contributed by atoms with Crippen molar-refractivity contribution in [2.45, 2.75) is 17.9 Å². The van der Waals surface area contributed by atoms with Gasteiger partial charge in [-0.25, -0.2) is 4.79 Å². The van der Waals surface area contributed by atoms with Gasteiger partial charge in [-0.3, -0.25) is 0 Å². The Morgan fingerprint density at radius 3 is 2.50 bits per heavy atom. The number of aliphatic hydroxyl groups is 1. The number of rotatable bonds is 5. The average molecular weight is 316 g/mol. The van der Waals surface area contributed by atoms with Gasteiger partial charge in [-0.15, -0.1) is 11.8 Å². The van der Waals surface area contributed by atoms with Crippen molar-refractivity contribution in [3.8, 4) is 0 Å². The molecule has 2 aromatic rings. The summed E-state index contributed by atoms with van der Waals surface area (Å²) in [5.74, 6) is 0. The first-order chi connectivity index (χ1) is 10.6. The molecular weight excluding hydrogens is 296 g/mol. The first-order valence-electron chi connectivity index (χ1n) is 7.02. The molecule has 5 heteroatoms. The summed E-state index contributed by atoms with van der Waals surface area (Å²) in [6.45, 7) is 2.09. The maximum Gasteiger partial charge on any atom is 0.319 e. The third-order valence-electron chi connectivity index (χ3n) is 3.35. The van der Waals surface area contributed by atoms with E-state index < -0.39 is 6.10 Å². The van der Waals surface area contributed by atoms with Crippen molar-refractivity contribution >= 4 is 23.5 Å². The minimum absolute atomic E-state index is 0.163. The Kier molecular flexibility index (Phi) is 5.86. The number of carbonyl (C=O) groups excluding carboxylic acids is 1. The molecule has 2 aromatic carbocycles. The standard InChI is InChI=1S/C17H20N2O2S/c1-12-5-3-4-6-15(12)19-17(21)18-11-16(20)13-7-9-14(22-2)10-8-13/h3-10,16,20H,11H2,1-2H3,(H2,18,19,21). The van der Waals surface area contributed by atoms with Crippen LogP contribution in [0.5, 0.6) is 0 Å². The zero-order valence-corrected chi connectivity index (χ0v) is 13.5. The van der Waals surface area contributed by atoms with Gasteiger partial charge in [0, 0.05) is 17.1 Å². The molecular formula is C17H20N2O2S. The first-order valence-corrected chi connectivity index (χ1v) is 8.25. The van der Waals surface area contributed by atoms with E-state index in [1.165, 1.54) is 0 Å². The number of benzene rings is 2. The second-order valence-electron chi connectivity index (χ2n) is 4.94. The SMILES string of the molecule is CSc1ccc(C(O)CNC(=O)Nc2ccccc2C)cc1. The van der Waals surface area contributed by atoms with Crippen LogP contribution >= 0.6 is 11.8 Å². The second kappa shape index (κ2) is 7.87. The number of aliphatic hydroxyl groups excluding tert-OH is 1. The lowest BCUT2D eigenvalue weighted by Gasteiger charge is -2.14. The third-order valence-corrected chi connectivity index (χ3v) is 4.09. The highest BCUT2D eigenvalue weighted by molar-refractivity contribution is 7.98. The lowest BCUT2D eigenvalue weighted by molar-refractivity contribution is 0.175. The summed E-state index contributed by atoms with van der Waals surface area (Å²) in [6.07, 6.45) is 1.28.